The Balaban J connectivity index is 1.43. The molecule has 0 bridgehead atoms. The molecule has 5 rings (SSSR count). The first-order valence-electron chi connectivity index (χ1n) is 12.6. The molecule has 39 heavy (non-hydrogen) atoms. The van der Waals surface area contributed by atoms with Crippen molar-refractivity contribution in [3.63, 3.8) is 0 Å². The summed E-state index contributed by atoms with van der Waals surface area (Å²) in [5.74, 6) is 1.14. The number of benzene rings is 3. The number of aliphatic hydroxyl groups excluding tert-OH is 3. The molecule has 0 spiro atoms. The Morgan fingerprint density at radius 3 is 2.51 bits per heavy atom. The van der Waals surface area contributed by atoms with Gasteiger partial charge in [-0.25, -0.2) is 9.97 Å². The minimum Gasteiger partial charge on any atom is -0.462 e. The number of nitrogens with zero attached hydrogens (tertiary/aromatic N) is 2. The highest BCUT2D eigenvalue weighted by Crippen LogP contribution is 2.30. The van der Waals surface area contributed by atoms with E-state index < -0.39 is 43.2 Å². The predicted molar refractivity (Wildman–Crippen MR) is 145 cm³/mol. The number of aliphatic hydroxyl groups is 3. The molecule has 0 saturated carbocycles. The van der Waals surface area contributed by atoms with Gasteiger partial charge in [-0.2, -0.15) is 0 Å². The van der Waals surface area contributed by atoms with Gasteiger partial charge in [0.1, 0.15) is 35.9 Å². The maximum atomic E-state index is 11.7. The van der Waals surface area contributed by atoms with Crippen LogP contribution in [0, 0.1) is 6.92 Å². The second-order valence-electron chi connectivity index (χ2n) is 9.48. The van der Waals surface area contributed by atoms with Gasteiger partial charge in [0.25, 0.3) is 0 Å². The van der Waals surface area contributed by atoms with Gasteiger partial charge in [0.15, 0.2) is 5.82 Å². The number of aryl methyl sites for hydroxylation is 1. The van der Waals surface area contributed by atoms with Crippen LogP contribution in [0.3, 0.4) is 0 Å². The molecule has 1 aromatic heterocycles. The van der Waals surface area contributed by atoms with E-state index in [9.17, 15) is 20.1 Å². The van der Waals surface area contributed by atoms with Crippen molar-refractivity contribution in [1.29, 1.82) is 0 Å². The van der Waals surface area contributed by atoms with Crippen molar-refractivity contribution in [3.8, 4) is 17.1 Å². The normalized spacial score (nSPS) is 22.8. The van der Waals surface area contributed by atoms with Crippen LogP contribution in [0.15, 0.2) is 72.8 Å². The molecule has 0 aliphatic carbocycles. The van der Waals surface area contributed by atoms with Crippen LogP contribution < -0.4 is 15.4 Å². The number of anilines is 2. The molecule has 1 amide bonds. The topological polar surface area (TPSA) is 146 Å². The van der Waals surface area contributed by atoms with Crippen molar-refractivity contribution >= 4 is 28.3 Å². The van der Waals surface area contributed by atoms with Gasteiger partial charge in [0.2, 0.25) is 12.2 Å². The van der Waals surface area contributed by atoms with Crippen LogP contribution in [-0.2, 0) is 9.53 Å². The molecule has 5 atom stereocenters. The number of hydrogen-bond donors (Lipinski definition) is 5. The summed E-state index contributed by atoms with van der Waals surface area (Å²) in [6.45, 7) is 2.78. The maximum Gasteiger partial charge on any atom is 0.223 e. The summed E-state index contributed by atoms with van der Waals surface area (Å²) in [6, 6.07) is 21.7. The highest BCUT2D eigenvalue weighted by Gasteiger charge is 2.46. The van der Waals surface area contributed by atoms with Crippen LogP contribution >= 0.6 is 0 Å². The molecule has 202 valence electrons. The number of carbonyl (C=O) groups is 1. The van der Waals surface area contributed by atoms with Gasteiger partial charge in [-0.1, -0.05) is 48.0 Å². The fraction of sp³-hybridized carbons (Fsp3) is 0.276. The zero-order valence-corrected chi connectivity index (χ0v) is 21.5. The Bertz CT molecular complexity index is 1460. The van der Waals surface area contributed by atoms with Gasteiger partial charge in [-0.3, -0.25) is 4.79 Å². The van der Waals surface area contributed by atoms with Crippen molar-refractivity contribution in [2.75, 3.05) is 11.9 Å². The lowest BCUT2D eigenvalue weighted by Gasteiger charge is -2.42. The lowest BCUT2D eigenvalue weighted by molar-refractivity contribution is -0.244. The average Bonchev–Trinajstić information content (AvgIpc) is 2.93. The first-order chi connectivity index (χ1) is 18.8. The molecule has 1 aliphatic heterocycles. The molecule has 1 saturated heterocycles. The fourth-order valence-electron chi connectivity index (χ4n) is 4.49. The van der Waals surface area contributed by atoms with Crippen LogP contribution in [0.25, 0.3) is 22.3 Å². The predicted octanol–water partition coefficient (Wildman–Crippen LogP) is 2.67. The Morgan fingerprint density at radius 1 is 1.00 bits per heavy atom. The van der Waals surface area contributed by atoms with Crippen molar-refractivity contribution in [1.82, 2.24) is 15.3 Å². The monoisotopic (exact) mass is 530 g/mol. The van der Waals surface area contributed by atoms with E-state index in [1.807, 2.05) is 61.5 Å². The molecular formula is C29H30N4O6. The van der Waals surface area contributed by atoms with Gasteiger partial charge >= 0.3 is 0 Å². The molecule has 0 unspecified atom stereocenters. The van der Waals surface area contributed by atoms with Gasteiger partial charge in [-0.15, -0.1) is 0 Å². The zero-order chi connectivity index (χ0) is 27.5. The van der Waals surface area contributed by atoms with Crippen molar-refractivity contribution in [3.05, 3.63) is 78.4 Å². The third-order valence-corrected chi connectivity index (χ3v) is 6.51. The molecule has 5 N–H and O–H groups in total. The quantitative estimate of drug-likeness (QED) is 0.243. The number of ether oxygens (including phenoxy) is 2. The molecule has 1 fully saturated rings. The molecule has 10 heteroatoms. The minimum atomic E-state index is -1.40. The standard InChI is InChI=1S/C29H30N4O6/c1-16-10-12-18(13-11-16)27-32-22-9-4-3-8-21(22)28(33-27)31-19-6-5-7-20(14-19)38-29-24(30-17(2)35)26(37)25(36)23(15-34)39-29/h3-14,23-26,29,34,36-37H,15H2,1-2H3,(H,30,35)(H,31,32,33)/t23-,24+,25+,26-,29-/m1/s1. The SMILES string of the molecule is CC(=O)N[C@@H]1[C@H](Oc2cccc(Nc3nc(-c4ccc(C)cc4)nc4ccccc34)c2)O[C@H](CO)[C@H](O)[C@@H]1O. The molecule has 4 aromatic rings. The largest absolute Gasteiger partial charge is 0.462 e. The van der Waals surface area contributed by atoms with Crippen molar-refractivity contribution < 1.29 is 29.6 Å². The first kappa shape index (κ1) is 26.5. The van der Waals surface area contributed by atoms with Crippen molar-refractivity contribution in [2.45, 2.75) is 44.5 Å². The number of nitrogens with one attached hydrogen (secondary N) is 2. The number of rotatable bonds is 7. The Morgan fingerprint density at radius 2 is 1.77 bits per heavy atom. The number of amides is 1. The second-order valence-corrected chi connectivity index (χ2v) is 9.48. The summed E-state index contributed by atoms with van der Waals surface area (Å²) in [7, 11) is 0. The van der Waals surface area contributed by atoms with Crippen LogP contribution in [0.1, 0.15) is 12.5 Å². The number of para-hydroxylation sites is 1. The maximum absolute atomic E-state index is 11.7. The molecule has 10 nitrogen and oxygen atoms in total. The van der Waals surface area contributed by atoms with E-state index in [2.05, 4.69) is 10.6 Å². The Labute approximate surface area is 225 Å². The van der Waals surface area contributed by atoms with Gasteiger partial charge in [0, 0.05) is 29.6 Å². The van der Waals surface area contributed by atoms with Gasteiger partial charge in [-0.05, 0) is 31.2 Å². The summed E-state index contributed by atoms with van der Waals surface area (Å²) in [4.78, 5) is 21.3. The highest BCUT2D eigenvalue weighted by molar-refractivity contribution is 5.92. The highest BCUT2D eigenvalue weighted by atomic mass is 16.7. The van der Waals surface area contributed by atoms with E-state index in [-0.39, 0.29) is 0 Å². The minimum absolute atomic E-state index is 0.373. The van der Waals surface area contributed by atoms with Crippen LogP contribution in [-0.4, -0.2) is 68.4 Å². The second kappa shape index (κ2) is 11.3. The number of aromatic nitrogens is 2. The molecule has 2 heterocycles. The fourth-order valence-corrected chi connectivity index (χ4v) is 4.49. The first-order valence-corrected chi connectivity index (χ1v) is 12.6. The molecular weight excluding hydrogens is 500 g/mol. The molecule has 3 aromatic carbocycles. The number of hydrogen-bond acceptors (Lipinski definition) is 9. The summed E-state index contributed by atoms with van der Waals surface area (Å²) >= 11 is 0. The number of fused-ring (bicyclic) bond motifs is 1. The van der Waals surface area contributed by atoms with Gasteiger partial charge < -0.3 is 35.4 Å². The van der Waals surface area contributed by atoms with Crippen LogP contribution in [0.5, 0.6) is 5.75 Å². The van der Waals surface area contributed by atoms with Crippen molar-refractivity contribution in [2.24, 2.45) is 0 Å². The lowest BCUT2D eigenvalue weighted by Crippen LogP contribution is -2.65. The van der Waals surface area contributed by atoms with E-state index in [0.29, 0.717) is 23.1 Å². The molecule has 0 radical (unpaired) electrons. The summed E-state index contributed by atoms with van der Waals surface area (Å²) in [6.07, 6.45) is -5.04. The zero-order valence-electron chi connectivity index (χ0n) is 21.5. The van der Waals surface area contributed by atoms with Crippen LogP contribution in [0.4, 0.5) is 11.5 Å². The van der Waals surface area contributed by atoms with Gasteiger partial charge in [0.05, 0.1) is 12.1 Å². The Hall–Kier alpha value is -4.09. The van der Waals surface area contributed by atoms with E-state index in [1.165, 1.54) is 6.92 Å². The van der Waals surface area contributed by atoms with E-state index in [1.54, 1.807) is 18.2 Å². The third kappa shape index (κ3) is 5.84. The summed E-state index contributed by atoms with van der Waals surface area (Å²) < 4.78 is 11.7. The number of carbonyl (C=O) groups excluding carboxylic acids is 1. The van der Waals surface area contributed by atoms with E-state index in [4.69, 9.17) is 19.4 Å². The van der Waals surface area contributed by atoms with Crippen LogP contribution in [0.2, 0.25) is 0 Å². The lowest BCUT2D eigenvalue weighted by atomic mass is 9.97. The van der Waals surface area contributed by atoms with E-state index >= 15 is 0 Å². The Kier molecular flexibility index (Phi) is 7.71. The molecule has 1 aliphatic rings. The summed E-state index contributed by atoms with van der Waals surface area (Å²) in [5, 5.41) is 37.2. The summed E-state index contributed by atoms with van der Waals surface area (Å²) in [5.41, 5.74) is 3.49. The smallest absolute Gasteiger partial charge is 0.223 e. The van der Waals surface area contributed by atoms with E-state index in [0.717, 1.165) is 22.0 Å². The average molecular weight is 531 g/mol. The third-order valence-electron chi connectivity index (χ3n) is 6.51.